The Labute approximate surface area is 180 Å². The lowest BCUT2D eigenvalue weighted by Gasteiger charge is -2.39. The number of rotatable bonds is 5. The lowest BCUT2D eigenvalue weighted by atomic mass is 9.88. The molecular formula is C26H21FN2O2. The van der Waals surface area contributed by atoms with Crippen molar-refractivity contribution in [1.82, 2.24) is 0 Å². The Kier molecular flexibility index (Phi) is 5.55. The second kappa shape index (κ2) is 8.45. The van der Waals surface area contributed by atoms with E-state index in [0.29, 0.717) is 5.56 Å². The maximum Gasteiger partial charge on any atom is 0.132 e. The molecule has 1 aliphatic heterocycles. The first-order valence-electron chi connectivity index (χ1n) is 9.94. The van der Waals surface area contributed by atoms with Crippen LogP contribution in [0.4, 0.5) is 10.1 Å². The van der Waals surface area contributed by atoms with Crippen molar-refractivity contribution in [1.29, 1.82) is 5.26 Å². The van der Waals surface area contributed by atoms with Gasteiger partial charge >= 0.3 is 0 Å². The monoisotopic (exact) mass is 412 g/mol. The van der Waals surface area contributed by atoms with Gasteiger partial charge in [-0.3, -0.25) is 4.79 Å². The fraction of sp³-hybridized carbons (Fsp3) is 0.154. The van der Waals surface area contributed by atoms with Gasteiger partial charge in [0.1, 0.15) is 17.3 Å². The summed E-state index contributed by atoms with van der Waals surface area (Å²) in [6.45, 7) is 1.54. The summed E-state index contributed by atoms with van der Waals surface area (Å²) < 4.78 is 19.4. The van der Waals surface area contributed by atoms with Gasteiger partial charge in [-0.05, 0) is 90.4 Å². The second-order valence-electron chi connectivity index (χ2n) is 7.48. The number of methoxy groups -OCH3 is 1. The topological polar surface area (TPSA) is 53.3 Å². The van der Waals surface area contributed by atoms with Gasteiger partial charge in [-0.15, -0.1) is 0 Å². The fourth-order valence-electron chi connectivity index (χ4n) is 3.96. The summed E-state index contributed by atoms with van der Waals surface area (Å²) in [4.78, 5) is 14.3. The van der Waals surface area contributed by atoms with E-state index in [1.165, 1.54) is 12.1 Å². The third-order valence-corrected chi connectivity index (χ3v) is 5.41. The Morgan fingerprint density at radius 3 is 2.42 bits per heavy atom. The standard InChI is InChI=1S/C26H21FN2O2/c1-17(30)13-26-24-15-21(27)8-5-20(24)14-25(19-6-11-23(31-2)12-7-19)29(26)22-9-3-18(16-28)4-10-22/h3-12,14-15,26H,13H2,1-2H3. The summed E-state index contributed by atoms with van der Waals surface area (Å²) in [5, 5.41) is 9.18. The number of hydrogen-bond acceptors (Lipinski definition) is 4. The number of ether oxygens (including phenoxy) is 1. The molecule has 4 rings (SSSR count). The van der Waals surface area contributed by atoms with Gasteiger partial charge in [0.2, 0.25) is 0 Å². The molecule has 0 radical (unpaired) electrons. The van der Waals surface area contributed by atoms with E-state index in [2.05, 4.69) is 6.07 Å². The first-order valence-corrected chi connectivity index (χ1v) is 9.94. The molecule has 0 saturated carbocycles. The van der Waals surface area contributed by atoms with E-state index in [-0.39, 0.29) is 24.1 Å². The van der Waals surface area contributed by atoms with Gasteiger partial charge in [0, 0.05) is 17.8 Å². The molecule has 0 fully saturated rings. The van der Waals surface area contributed by atoms with Crippen LogP contribution in [0.5, 0.6) is 5.75 Å². The lowest BCUT2D eigenvalue weighted by Crippen LogP contribution is -2.32. The highest BCUT2D eigenvalue weighted by atomic mass is 19.1. The molecule has 31 heavy (non-hydrogen) atoms. The number of halogens is 1. The Hall–Kier alpha value is -3.91. The van der Waals surface area contributed by atoms with Crippen LogP contribution < -0.4 is 9.64 Å². The molecule has 0 aliphatic carbocycles. The zero-order valence-electron chi connectivity index (χ0n) is 17.3. The summed E-state index contributed by atoms with van der Waals surface area (Å²) >= 11 is 0. The highest BCUT2D eigenvalue weighted by Gasteiger charge is 2.31. The molecule has 1 atom stereocenters. The minimum atomic E-state index is -0.377. The molecule has 3 aromatic carbocycles. The molecular weight excluding hydrogens is 391 g/mol. The maximum absolute atomic E-state index is 14.2. The van der Waals surface area contributed by atoms with Crippen LogP contribution in [0.2, 0.25) is 0 Å². The first-order chi connectivity index (χ1) is 15.0. The SMILES string of the molecule is COc1ccc(C2=Cc3ccc(F)cc3C(CC(C)=O)N2c2ccc(C#N)cc2)cc1. The molecule has 154 valence electrons. The average Bonchev–Trinajstić information content (AvgIpc) is 2.79. The van der Waals surface area contributed by atoms with Crippen molar-refractivity contribution >= 4 is 23.2 Å². The van der Waals surface area contributed by atoms with Gasteiger partial charge in [0.25, 0.3) is 0 Å². The number of anilines is 1. The number of carbonyl (C=O) groups is 1. The molecule has 3 aromatic rings. The minimum absolute atomic E-state index is 0.00911. The van der Waals surface area contributed by atoms with E-state index in [1.807, 2.05) is 47.4 Å². The van der Waals surface area contributed by atoms with Gasteiger partial charge in [0.15, 0.2) is 0 Å². The van der Waals surface area contributed by atoms with Crippen molar-refractivity contribution in [3.63, 3.8) is 0 Å². The van der Waals surface area contributed by atoms with Gasteiger partial charge in [-0.2, -0.15) is 5.26 Å². The first kappa shape index (κ1) is 20.4. The third kappa shape index (κ3) is 4.06. The van der Waals surface area contributed by atoms with E-state index in [4.69, 9.17) is 4.74 Å². The highest BCUT2D eigenvalue weighted by molar-refractivity contribution is 5.95. The zero-order valence-corrected chi connectivity index (χ0v) is 17.3. The molecule has 0 saturated heterocycles. The second-order valence-corrected chi connectivity index (χ2v) is 7.48. The van der Waals surface area contributed by atoms with Crippen molar-refractivity contribution in [3.8, 4) is 11.8 Å². The van der Waals surface area contributed by atoms with Crippen LogP contribution in [0.1, 0.15) is 41.6 Å². The van der Waals surface area contributed by atoms with Gasteiger partial charge in [-0.25, -0.2) is 4.39 Å². The Morgan fingerprint density at radius 2 is 1.81 bits per heavy atom. The fourth-order valence-corrected chi connectivity index (χ4v) is 3.96. The summed E-state index contributed by atoms with van der Waals surface area (Å²) in [6, 6.07) is 21.3. The summed E-state index contributed by atoms with van der Waals surface area (Å²) in [7, 11) is 1.62. The van der Waals surface area contributed by atoms with E-state index < -0.39 is 0 Å². The average molecular weight is 412 g/mol. The van der Waals surface area contributed by atoms with Crippen molar-refractivity contribution in [2.75, 3.05) is 12.0 Å². The van der Waals surface area contributed by atoms with Crippen molar-refractivity contribution in [3.05, 3.63) is 94.8 Å². The van der Waals surface area contributed by atoms with Crippen molar-refractivity contribution in [2.45, 2.75) is 19.4 Å². The quantitative estimate of drug-likeness (QED) is 0.536. The van der Waals surface area contributed by atoms with E-state index in [0.717, 1.165) is 33.8 Å². The van der Waals surface area contributed by atoms with Gasteiger partial charge < -0.3 is 9.64 Å². The zero-order chi connectivity index (χ0) is 22.0. The Bertz CT molecular complexity index is 1190. The molecule has 0 bridgehead atoms. The van der Waals surface area contributed by atoms with Gasteiger partial charge in [-0.1, -0.05) is 6.07 Å². The molecule has 5 heteroatoms. The molecule has 0 aromatic heterocycles. The van der Waals surface area contributed by atoms with Crippen LogP contribution in [-0.4, -0.2) is 12.9 Å². The third-order valence-electron chi connectivity index (χ3n) is 5.41. The van der Waals surface area contributed by atoms with Crippen LogP contribution in [-0.2, 0) is 4.79 Å². The van der Waals surface area contributed by atoms with E-state index in [1.54, 1.807) is 32.2 Å². The maximum atomic E-state index is 14.2. The Morgan fingerprint density at radius 1 is 1.10 bits per heavy atom. The van der Waals surface area contributed by atoms with Crippen LogP contribution in [0.3, 0.4) is 0 Å². The number of ketones is 1. The van der Waals surface area contributed by atoms with Crippen LogP contribution in [0.15, 0.2) is 66.7 Å². The number of Topliss-reactive ketones (excluding diaryl/α,β-unsaturated/α-hetero) is 1. The number of nitriles is 1. The number of benzene rings is 3. The van der Waals surface area contributed by atoms with Crippen LogP contribution in [0, 0.1) is 17.1 Å². The minimum Gasteiger partial charge on any atom is -0.497 e. The van der Waals surface area contributed by atoms with Crippen molar-refractivity contribution < 1.29 is 13.9 Å². The molecule has 1 heterocycles. The molecule has 0 spiro atoms. The molecule has 1 aliphatic rings. The normalized spacial score (nSPS) is 15.0. The van der Waals surface area contributed by atoms with Crippen LogP contribution >= 0.6 is 0 Å². The summed E-state index contributed by atoms with van der Waals surface area (Å²) in [6.07, 6.45) is 2.23. The molecule has 0 N–H and O–H groups in total. The largest absolute Gasteiger partial charge is 0.497 e. The van der Waals surface area contributed by atoms with E-state index in [9.17, 15) is 14.4 Å². The molecule has 4 nitrogen and oxygen atoms in total. The lowest BCUT2D eigenvalue weighted by molar-refractivity contribution is -0.117. The molecule has 0 amide bonds. The van der Waals surface area contributed by atoms with Crippen molar-refractivity contribution in [2.24, 2.45) is 0 Å². The van der Waals surface area contributed by atoms with E-state index >= 15 is 0 Å². The smallest absolute Gasteiger partial charge is 0.132 e. The summed E-state index contributed by atoms with van der Waals surface area (Å²) in [5.74, 6) is 0.413. The summed E-state index contributed by atoms with van der Waals surface area (Å²) in [5.41, 5.74) is 4.83. The van der Waals surface area contributed by atoms with Crippen LogP contribution in [0.25, 0.3) is 11.8 Å². The Balaban J connectivity index is 1.93. The predicted octanol–water partition coefficient (Wildman–Crippen LogP) is 5.74. The number of nitrogens with zero attached hydrogens (tertiary/aromatic N) is 2. The molecule has 1 unspecified atom stereocenters. The van der Waals surface area contributed by atoms with Gasteiger partial charge in [0.05, 0.1) is 24.8 Å². The predicted molar refractivity (Wildman–Crippen MR) is 119 cm³/mol. The number of fused-ring (bicyclic) bond motifs is 1. The number of hydrogen-bond donors (Lipinski definition) is 0. The highest BCUT2D eigenvalue weighted by Crippen LogP contribution is 2.44. The number of carbonyl (C=O) groups excluding carboxylic acids is 1.